The Morgan fingerprint density at radius 3 is 2.55 bits per heavy atom. The van der Waals surface area contributed by atoms with Crippen LogP contribution in [-0.2, 0) is 14.8 Å². The third-order valence-electron chi connectivity index (χ3n) is 4.03. The molecule has 3 rings (SSSR count). The van der Waals surface area contributed by atoms with E-state index in [4.69, 9.17) is 0 Å². The van der Waals surface area contributed by atoms with Crippen LogP contribution in [0.5, 0.6) is 0 Å². The van der Waals surface area contributed by atoms with Gasteiger partial charge in [-0.15, -0.1) is 0 Å². The second-order valence-corrected chi connectivity index (χ2v) is 8.07. The first-order valence-electron chi connectivity index (χ1n) is 8.92. The summed E-state index contributed by atoms with van der Waals surface area (Å²) in [6.45, 7) is 3.61. The lowest BCUT2D eigenvalue weighted by molar-refractivity contribution is -0.114. The summed E-state index contributed by atoms with van der Waals surface area (Å²) in [6, 6.07) is 10.2. The number of hydrogen-bond donors (Lipinski definition) is 3. The van der Waals surface area contributed by atoms with E-state index in [1.54, 1.807) is 25.1 Å². The van der Waals surface area contributed by atoms with E-state index < -0.39 is 10.0 Å². The SMILES string of the molecule is CC(=O)Nc1ccc(S(=O)(=O)NCCNc2cc(-n3cccc3)ncn2)c(C)c1. The van der Waals surface area contributed by atoms with Gasteiger partial charge in [-0.05, 0) is 42.8 Å². The van der Waals surface area contributed by atoms with Gasteiger partial charge in [-0.3, -0.25) is 4.79 Å². The third-order valence-corrected chi connectivity index (χ3v) is 5.65. The molecule has 3 N–H and O–H groups in total. The summed E-state index contributed by atoms with van der Waals surface area (Å²) >= 11 is 0. The Kier molecular flexibility index (Phi) is 6.25. The van der Waals surface area contributed by atoms with Gasteiger partial charge in [0.1, 0.15) is 18.0 Å². The number of carbonyl (C=O) groups is 1. The number of amides is 1. The van der Waals surface area contributed by atoms with Gasteiger partial charge in [0.25, 0.3) is 0 Å². The molecule has 0 fully saturated rings. The van der Waals surface area contributed by atoms with Crippen LogP contribution in [0.1, 0.15) is 12.5 Å². The second-order valence-electron chi connectivity index (χ2n) is 6.34. The van der Waals surface area contributed by atoms with Gasteiger partial charge in [0.15, 0.2) is 0 Å². The molecule has 0 saturated heterocycles. The quantitative estimate of drug-likeness (QED) is 0.485. The summed E-state index contributed by atoms with van der Waals surface area (Å²) in [5.74, 6) is 1.09. The van der Waals surface area contributed by atoms with Crippen LogP contribution in [0.4, 0.5) is 11.5 Å². The molecule has 0 bridgehead atoms. The number of rotatable bonds is 8. The van der Waals surface area contributed by atoms with Crippen LogP contribution in [0.25, 0.3) is 5.82 Å². The number of nitrogens with zero attached hydrogens (tertiary/aromatic N) is 3. The second kappa shape index (κ2) is 8.84. The number of sulfonamides is 1. The van der Waals surface area contributed by atoms with Crippen molar-refractivity contribution in [2.24, 2.45) is 0 Å². The summed E-state index contributed by atoms with van der Waals surface area (Å²) in [7, 11) is -3.67. The van der Waals surface area contributed by atoms with Crippen molar-refractivity contribution in [3.63, 3.8) is 0 Å². The zero-order valence-corrected chi connectivity index (χ0v) is 16.9. The average molecular weight is 414 g/mol. The lowest BCUT2D eigenvalue weighted by Crippen LogP contribution is -2.29. The molecule has 2 heterocycles. The van der Waals surface area contributed by atoms with Crippen LogP contribution in [0, 0.1) is 6.92 Å². The van der Waals surface area contributed by atoms with Crippen LogP contribution < -0.4 is 15.4 Å². The molecule has 3 aromatic rings. The summed E-state index contributed by atoms with van der Waals surface area (Å²) < 4.78 is 29.5. The number of hydrogen-bond acceptors (Lipinski definition) is 6. The molecular formula is C19H22N6O3S. The minimum absolute atomic E-state index is 0.170. The topological polar surface area (TPSA) is 118 Å². The molecule has 0 saturated carbocycles. The predicted octanol–water partition coefficient (Wildman–Crippen LogP) is 1.92. The van der Waals surface area contributed by atoms with Gasteiger partial charge in [0.2, 0.25) is 15.9 Å². The molecular weight excluding hydrogens is 392 g/mol. The van der Waals surface area contributed by atoms with Crippen molar-refractivity contribution in [3.05, 3.63) is 60.7 Å². The lowest BCUT2D eigenvalue weighted by atomic mass is 10.2. The zero-order valence-electron chi connectivity index (χ0n) is 16.1. The zero-order chi connectivity index (χ0) is 20.9. The fraction of sp³-hybridized carbons (Fsp3) is 0.211. The molecule has 1 amide bonds. The summed E-state index contributed by atoms with van der Waals surface area (Å²) in [4.78, 5) is 19.6. The van der Waals surface area contributed by atoms with Crippen molar-refractivity contribution in [2.75, 3.05) is 23.7 Å². The Morgan fingerprint density at radius 1 is 1.10 bits per heavy atom. The van der Waals surface area contributed by atoms with Crippen LogP contribution in [-0.4, -0.2) is 41.9 Å². The number of aromatic nitrogens is 3. The molecule has 29 heavy (non-hydrogen) atoms. The normalized spacial score (nSPS) is 11.2. The maximum Gasteiger partial charge on any atom is 0.240 e. The van der Waals surface area contributed by atoms with Crippen LogP contribution in [0.15, 0.2) is 60.0 Å². The molecule has 10 heteroatoms. The molecule has 0 radical (unpaired) electrons. The smallest absolute Gasteiger partial charge is 0.240 e. The minimum Gasteiger partial charge on any atom is -0.369 e. The van der Waals surface area contributed by atoms with E-state index in [0.717, 1.165) is 0 Å². The highest BCUT2D eigenvalue weighted by Gasteiger charge is 2.16. The Hall–Kier alpha value is -3.24. The summed E-state index contributed by atoms with van der Waals surface area (Å²) in [5, 5.41) is 5.71. The number of anilines is 2. The first-order chi connectivity index (χ1) is 13.8. The predicted molar refractivity (Wildman–Crippen MR) is 111 cm³/mol. The van der Waals surface area contributed by atoms with Crippen molar-refractivity contribution in [2.45, 2.75) is 18.7 Å². The van der Waals surface area contributed by atoms with Gasteiger partial charge in [0.05, 0.1) is 4.90 Å². The standard InChI is InChI=1S/C19H22N6O3S/c1-14-11-16(24-15(2)26)5-6-17(14)29(27,28)23-8-7-20-18-12-19(22-13-21-18)25-9-3-4-10-25/h3-6,9-13,23H,7-8H2,1-2H3,(H,24,26)(H,20,21,22). The molecule has 0 aliphatic heterocycles. The van der Waals surface area contributed by atoms with Gasteiger partial charge in [-0.2, -0.15) is 0 Å². The van der Waals surface area contributed by atoms with E-state index in [2.05, 4.69) is 25.3 Å². The molecule has 0 aliphatic rings. The fourth-order valence-corrected chi connectivity index (χ4v) is 4.01. The Labute approximate surface area is 169 Å². The van der Waals surface area contributed by atoms with Gasteiger partial charge < -0.3 is 15.2 Å². The van der Waals surface area contributed by atoms with Gasteiger partial charge in [-0.25, -0.2) is 23.1 Å². The first kappa shape index (κ1) is 20.5. The van der Waals surface area contributed by atoms with E-state index in [1.807, 2.05) is 29.1 Å². The monoisotopic (exact) mass is 414 g/mol. The summed E-state index contributed by atoms with van der Waals surface area (Å²) in [6.07, 6.45) is 5.20. The highest BCUT2D eigenvalue weighted by Crippen LogP contribution is 2.19. The highest BCUT2D eigenvalue weighted by atomic mass is 32.2. The number of benzene rings is 1. The number of carbonyl (C=O) groups excluding carboxylic acids is 1. The van der Waals surface area contributed by atoms with Gasteiger partial charge >= 0.3 is 0 Å². The molecule has 0 aliphatic carbocycles. The Bertz CT molecular complexity index is 1100. The highest BCUT2D eigenvalue weighted by molar-refractivity contribution is 7.89. The van der Waals surface area contributed by atoms with Crippen molar-refractivity contribution in [1.29, 1.82) is 0 Å². The van der Waals surface area contributed by atoms with Crippen molar-refractivity contribution in [1.82, 2.24) is 19.3 Å². The lowest BCUT2D eigenvalue weighted by Gasteiger charge is -2.12. The molecule has 152 valence electrons. The molecule has 0 unspecified atom stereocenters. The number of aryl methyl sites for hydroxylation is 1. The molecule has 2 aromatic heterocycles. The Morgan fingerprint density at radius 2 is 1.86 bits per heavy atom. The maximum absolute atomic E-state index is 12.6. The largest absolute Gasteiger partial charge is 0.369 e. The van der Waals surface area contributed by atoms with E-state index in [9.17, 15) is 13.2 Å². The van der Waals surface area contributed by atoms with E-state index in [-0.39, 0.29) is 17.3 Å². The van der Waals surface area contributed by atoms with Crippen molar-refractivity contribution in [3.8, 4) is 5.82 Å². The number of nitrogens with one attached hydrogen (secondary N) is 3. The third kappa shape index (κ3) is 5.39. The van der Waals surface area contributed by atoms with E-state index >= 15 is 0 Å². The van der Waals surface area contributed by atoms with Gasteiger partial charge in [0, 0.05) is 44.2 Å². The maximum atomic E-state index is 12.6. The Balaban J connectivity index is 1.57. The fourth-order valence-electron chi connectivity index (χ4n) is 2.76. The molecule has 0 spiro atoms. The van der Waals surface area contributed by atoms with Crippen LogP contribution in [0.2, 0.25) is 0 Å². The average Bonchev–Trinajstić information content (AvgIpc) is 3.20. The van der Waals surface area contributed by atoms with E-state index in [1.165, 1.54) is 19.3 Å². The molecule has 9 nitrogen and oxygen atoms in total. The van der Waals surface area contributed by atoms with Crippen LogP contribution >= 0.6 is 0 Å². The van der Waals surface area contributed by atoms with Crippen LogP contribution in [0.3, 0.4) is 0 Å². The molecule has 1 aromatic carbocycles. The summed E-state index contributed by atoms with van der Waals surface area (Å²) in [5.41, 5.74) is 1.10. The van der Waals surface area contributed by atoms with E-state index in [0.29, 0.717) is 29.4 Å². The van der Waals surface area contributed by atoms with Crippen molar-refractivity contribution >= 4 is 27.4 Å². The van der Waals surface area contributed by atoms with Gasteiger partial charge in [-0.1, -0.05) is 0 Å². The van der Waals surface area contributed by atoms with Crippen molar-refractivity contribution < 1.29 is 13.2 Å². The molecule has 0 atom stereocenters. The minimum atomic E-state index is -3.67. The first-order valence-corrected chi connectivity index (χ1v) is 10.4.